The van der Waals surface area contributed by atoms with Gasteiger partial charge in [0.2, 0.25) is 0 Å². The normalized spacial score (nSPS) is 12.4. The maximum Gasteiger partial charge on any atom is 0.500 e. The minimum absolute atomic E-state index is 0.548. The van der Waals surface area contributed by atoms with Gasteiger partial charge in [0, 0.05) is 46.5 Å². The van der Waals surface area contributed by atoms with Crippen molar-refractivity contribution in [3.63, 3.8) is 0 Å². The average molecular weight is 264 g/mol. The van der Waals surface area contributed by atoms with Crippen molar-refractivity contribution in [2.75, 3.05) is 41.0 Å². The van der Waals surface area contributed by atoms with Gasteiger partial charge in [0.15, 0.2) is 0 Å². The molecule has 0 radical (unpaired) electrons. The van der Waals surface area contributed by atoms with Crippen LogP contribution in [0.5, 0.6) is 0 Å². The predicted molar refractivity (Wildman–Crippen MR) is 72.2 cm³/mol. The number of hydrogen-bond donors (Lipinski definition) is 2. The molecule has 5 nitrogen and oxygen atoms in total. The summed E-state index contributed by atoms with van der Waals surface area (Å²) in [5.41, 5.74) is 0. The molecule has 0 spiro atoms. The monoisotopic (exact) mass is 264 g/mol. The van der Waals surface area contributed by atoms with Crippen LogP contribution in [0.3, 0.4) is 0 Å². The fourth-order valence-electron chi connectivity index (χ4n) is 1.56. The molecule has 0 saturated carbocycles. The van der Waals surface area contributed by atoms with E-state index in [-0.39, 0.29) is 0 Å². The van der Waals surface area contributed by atoms with Gasteiger partial charge in [0.1, 0.15) is 0 Å². The van der Waals surface area contributed by atoms with Crippen LogP contribution in [0.4, 0.5) is 0 Å². The predicted octanol–water partition coefficient (Wildman–Crippen LogP) is 0.842. The van der Waals surface area contributed by atoms with Crippen molar-refractivity contribution < 1.29 is 13.3 Å². The van der Waals surface area contributed by atoms with E-state index in [2.05, 4.69) is 24.5 Å². The molecule has 0 aromatic rings. The largest absolute Gasteiger partial charge is 0.500 e. The van der Waals surface area contributed by atoms with Gasteiger partial charge in [-0.3, -0.25) is 0 Å². The van der Waals surface area contributed by atoms with Crippen LogP contribution >= 0.6 is 0 Å². The standard InChI is InChI=1S/C11H28N2O3Si/c1-11(2)13-9-8-12-7-6-10-17(14-3,15-4)16-5/h11-13H,6-10H2,1-5H3. The highest BCUT2D eigenvalue weighted by atomic mass is 28.4. The van der Waals surface area contributed by atoms with Gasteiger partial charge >= 0.3 is 8.80 Å². The van der Waals surface area contributed by atoms with Crippen LogP contribution in [0.2, 0.25) is 6.04 Å². The number of hydrogen-bond acceptors (Lipinski definition) is 5. The molecule has 0 aliphatic carbocycles. The number of rotatable bonds is 11. The fourth-order valence-corrected chi connectivity index (χ4v) is 3.28. The van der Waals surface area contributed by atoms with Gasteiger partial charge in [-0.25, -0.2) is 0 Å². The highest BCUT2D eigenvalue weighted by molar-refractivity contribution is 6.60. The molecular formula is C11H28N2O3Si. The summed E-state index contributed by atoms with van der Waals surface area (Å²) in [6, 6.07) is 1.40. The molecule has 17 heavy (non-hydrogen) atoms. The first-order valence-electron chi connectivity index (χ1n) is 6.19. The zero-order valence-corrected chi connectivity index (χ0v) is 12.8. The van der Waals surface area contributed by atoms with Crippen LogP contribution in [-0.2, 0) is 13.3 Å². The summed E-state index contributed by atoms with van der Waals surface area (Å²) in [5.74, 6) is 0. The van der Waals surface area contributed by atoms with Crippen molar-refractivity contribution in [2.24, 2.45) is 0 Å². The van der Waals surface area contributed by atoms with E-state index in [1.807, 2.05) is 0 Å². The smallest absolute Gasteiger partial charge is 0.377 e. The highest BCUT2D eigenvalue weighted by Gasteiger charge is 2.36. The van der Waals surface area contributed by atoms with Crippen LogP contribution in [-0.4, -0.2) is 55.8 Å². The molecule has 0 rings (SSSR count). The second kappa shape index (κ2) is 9.99. The Morgan fingerprint density at radius 1 is 0.941 bits per heavy atom. The van der Waals surface area contributed by atoms with E-state index in [9.17, 15) is 0 Å². The Kier molecular flexibility index (Phi) is 10.00. The van der Waals surface area contributed by atoms with Crippen molar-refractivity contribution in [3.8, 4) is 0 Å². The maximum absolute atomic E-state index is 5.35. The maximum atomic E-state index is 5.35. The van der Waals surface area contributed by atoms with Gasteiger partial charge in [-0.05, 0) is 13.0 Å². The topological polar surface area (TPSA) is 51.8 Å². The van der Waals surface area contributed by atoms with Crippen molar-refractivity contribution >= 4 is 8.80 Å². The van der Waals surface area contributed by atoms with Gasteiger partial charge in [-0.15, -0.1) is 0 Å². The fraction of sp³-hybridized carbons (Fsp3) is 1.00. The van der Waals surface area contributed by atoms with E-state index in [4.69, 9.17) is 13.3 Å². The minimum atomic E-state index is -2.36. The zero-order chi connectivity index (χ0) is 13.1. The first kappa shape index (κ1) is 17.0. The summed E-state index contributed by atoms with van der Waals surface area (Å²) in [5, 5.41) is 6.74. The molecule has 6 heteroatoms. The molecule has 0 aliphatic rings. The third kappa shape index (κ3) is 7.85. The Labute approximate surface area is 107 Å². The van der Waals surface area contributed by atoms with Crippen molar-refractivity contribution in [2.45, 2.75) is 32.4 Å². The average Bonchev–Trinajstić information content (AvgIpc) is 2.33. The van der Waals surface area contributed by atoms with E-state index in [1.165, 1.54) is 0 Å². The van der Waals surface area contributed by atoms with Gasteiger partial charge in [0.05, 0.1) is 0 Å². The number of nitrogens with one attached hydrogen (secondary N) is 2. The molecule has 0 heterocycles. The van der Waals surface area contributed by atoms with Crippen molar-refractivity contribution in [1.29, 1.82) is 0 Å². The Hall–Kier alpha value is 0.0169. The Morgan fingerprint density at radius 3 is 2.00 bits per heavy atom. The van der Waals surface area contributed by atoms with E-state index in [0.717, 1.165) is 32.1 Å². The molecule has 2 N–H and O–H groups in total. The van der Waals surface area contributed by atoms with Crippen molar-refractivity contribution in [3.05, 3.63) is 0 Å². The summed E-state index contributed by atoms with van der Waals surface area (Å²) in [4.78, 5) is 0. The van der Waals surface area contributed by atoms with Crippen LogP contribution in [0.1, 0.15) is 20.3 Å². The Bertz CT molecular complexity index is 170. The molecule has 0 aliphatic heterocycles. The molecule has 0 aromatic carbocycles. The lowest BCUT2D eigenvalue weighted by atomic mass is 10.4. The molecule has 0 unspecified atom stereocenters. The van der Waals surface area contributed by atoms with Crippen molar-refractivity contribution in [1.82, 2.24) is 10.6 Å². The third-order valence-corrected chi connectivity index (χ3v) is 5.46. The minimum Gasteiger partial charge on any atom is -0.377 e. The zero-order valence-electron chi connectivity index (χ0n) is 11.8. The second-order valence-electron chi connectivity index (χ2n) is 4.26. The van der Waals surface area contributed by atoms with Crippen LogP contribution in [0, 0.1) is 0 Å². The molecule has 0 bridgehead atoms. The molecule has 0 aromatic heterocycles. The SMILES string of the molecule is CO[Si](CCCNCCNC(C)C)(OC)OC. The molecular weight excluding hydrogens is 236 g/mol. The molecule has 0 amide bonds. The van der Waals surface area contributed by atoms with E-state index >= 15 is 0 Å². The van der Waals surface area contributed by atoms with Crippen LogP contribution < -0.4 is 10.6 Å². The molecule has 0 atom stereocenters. The lowest BCUT2D eigenvalue weighted by molar-refractivity contribution is 0.123. The summed E-state index contributed by atoms with van der Waals surface area (Å²) in [6.07, 6.45) is 1.00. The van der Waals surface area contributed by atoms with Gasteiger partial charge in [0.25, 0.3) is 0 Å². The van der Waals surface area contributed by atoms with Crippen LogP contribution in [0.25, 0.3) is 0 Å². The third-order valence-electron chi connectivity index (χ3n) is 2.62. The summed E-state index contributed by atoms with van der Waals surface area (Å²) >= 11 is 0. The summed E-state index contributed by atoms with van der Waals surface area (Å²) < 4.78 is 16.0. The van der Waals surface area contributed by atoms with Gasteiger partial charge in [-0.1, -0.05) is 13.8 Å². The summed E-state index contributed by atoms with van der Waals surface area (Å²) in [6.45, 7) is 7.24. The highest BCUT2D eigenvalue weighted by Crippen LogP contribution is 2.14. The van der Waals surface area contributed by atoms with Crippen LogP contribution in [0.15, 0.2) is 0 Å². The molecule has 104 valence electrons. The van der Waals surface area contributed by atoms with Gasteiger partial charge in [-0.2, -0.15) is 0 Å². The quantitative estimate of drug-likeness (QED) is 0.428. The first-order chi connectivity index (χ1) is 8.10. The van der Waals surface area contributed by atoms with Gasteiger partial charge < -0.3 is 23.9 Å². The first-order valence-corrected chi connectivity index (χ1v) is 8.13. The molecule has 0 fully saturated rings. The lowest BCUT2D eigenvalue weighted by Crippen LogP contribution is -2.43. The van der Waals surface area contributed by atoms with E-state index < -0.39 is 8.80 Å². The molecule has 0 saturated heterocycles. The Morgan fingerprint density at radius 2 is 1.53 bits per heavy atom. The second-order valence-corrected chi connectivity index (χ2v) is 7.35. The lowest BCUT2D eigenvalue weighted by Gasteiger charge is -2.24. The van der Waals surface area contributed by atoms with E-state index in [0.29, 0.717) is 6.04 Å². The van der Waals surface area contributed by atoms with E-state index in [1.54, 1.807) is 21.3 Å². The summed E-state index contributed by atoms with van der Waals surface area (Å²) in [7, 11) is 2.60. The Balaban J connectivity index is 3.49.